The third kappa shape index (κ3) is 3.01. The minimum Gasteiger partial charge on any atom is -0.399 e. The SMILES string of the molecule is CC[C@H](O)CCc1cc(C2CCC2)ccc1N. The third-order valence-electron chi connectivity index (χ3n) is 3.96. The molecular weight excluding hydrogens is 210 g/mol. The van der Waals surface area contributed by atoms with E-state index in [1.807, 2.05) is 13.0 Å². The van der Waals surface area contributed by atoms with Gasteiger partial charge in [-0.2, -0.15) is 0 Å². The molecule has 1 aromatic carbocycles. The Kier molecular flexibility index (Phi) is 4.06. The molecule has 0 unspecified atom stereocenters. The standard InChI is InChI=1S/C15H23NO/c1-2-14(17)8-6-13-10-12(7-9-15(13)16)11-4-3-5-11/h7,9-11,14,17H,2-6,8,16H2,1H3/t14-/m0/s1. The van der Waals surface area contributed by atoms with E-state index in [1.54, 1.807) is 0 Å². The summed E-state index contributed by atoms with van der Waals surface area (Å²) in [5, 5.41) is 9.61. The average molecular weight is 233 g/mol. The van der Waals surface area contributed by atoms with E-state index in [9.17, 15) is 5.11 Å². The summed E-state index contributed by atoms with van der Waals surface area (Å²) in [6, 6.07) is 6.45. The van der Waals surface area contributed by atoms with Crippen LogP contribution in [0.1, 0.15) is 56.1 Å². The molecule has 1 saturated carbocycles. The van der Waals surface area contributed by atoms with Crippen LogP contribution in [0, 0.1) is 0 Å². The third-order valence-corrected chi connectivity index (χ3v) is 3.96. The number of nitrogens with two attached hydrogens (primary N) is 1. The maximum atomic E-state index is 9.61. The van der Waals surface area contributed by atoms with Crippen LogP contribution in [-0.4, -0.2) is 11.2 Å². The molecule has 0 saturated heterocycles. The van der Waals surface area contributed by atoms with Crippen molar-refractivity contribution in [3.8, 4) is 0 Å². The molecule has 0 spiro atoms. The second-order valence-corrected chi connectivity index (χ2v) is 5.19. The highest BCUT2D eigenvalue weighted by molar-refractivity contribution is 5.49. The average Bonchev–Trinajstić information content (AvgIpc) is 2.27. The van der Waals surface area contributed by atoms with Crippen molar-refractivity contribution in [3.63, 3.8) is 0 Å². The smallest absolute Gasteiger partial charge is 0.0540 e. The molecule has 0 radical (unpaired) electrons. The molecule has 0 heterocycles. The largest absolute Gasteiger partial charge is 0.399 e. The van der Waals surface area contributed by atoms with Gasteiger partial charge in [-0.1, -0.05) is 25.5 Å². The summed E-state index contributed by atoms with van der Waals surface area (Å²) in [7, 11) is 0. The molecule has 2 rings (SSSR count). The van der Waals surface area contributed by atoms with Crippen LogP contribution in [-0.2, 0) is 6.42 Å². The van der Waals surface area contributed by atoms with Gasteiger partial charge in [-0.25, -0.2) is 0 Å². The first-order chi connectivity index (χ1) is 8.20. The lowest BCUT2D eigenvalue weighted by Crippen LogP contribution is -2.11. The fourth-order valence-electron chi connectivity index (χ4n) is 2.36. The summed E-state index contributed by atoms with van der Waals surface area (Å²) in [6.45, 7) is 2.01. The molecule has 1 aromatic rings. The predicted octanol–water partition coefficient (Wildman–Crippen LogP) is 3.24. The van der Waals surface area contributed by atoms with E-state index >= 15 is 0 Å². The Balaban J connectivity index is 2.03. The minimum absolute atomic E-state index is 0.193. The van der Waals surface area contributed by atoms with Gasteiger partial charge < -0.3 is 10.8 Å². The van der Waals surface area contributed by atoms with Crippen molar-refractivity contribution in [3.05, 3.63) is 29.3 Å². The Labute approximate surface area is 104 Å². The van der Waals surface area contributed by atoms with Crippen LogP contribution < -0.4 is 5.73 Å². The number of anilines is 1. The number of aryl methyl sites for hydroxylation is 1. The van der Waals surface area contributed by atoms with Gasteiger partial charge in [0.15, 0.2) is 0 Å². The first kappa shape index (κ1) is 12.4. The van der Waals surface area contributed by atoms with E-state index in [0.29, 0.717) is 0 Å². The zero-order chi connectivity index (χ0) is 12.3. The lowest BCUT2D eigenvalue weighted by Gasteiger charge is -2.26. The van der Waals surface area contributed by atoms with Gasteiger partial charge in [-0.3, -0.25) is 0 Å². The maximum Gasteiger partial charge on any atom is 0.0540 e. The van der Waals surface area contributed by atoms with Crippen LogP contribution in [0.4, 0.5) is 5.69 Å². The highest BCUT2D eigenvalue weighted by Gasteiger charge is 2.20. The molecule has 1 aliphatic carbocycles. The Morgan fingerprint density at radius 3 is 2.76 bits per heavy atom. The molecule has 0 aliphatic heterocycles. The molecule has 17 heavy (non-hydrogen) atoms. The van der Waals surface area contributed by atoms with Gasteiger partial charge in [-0.15, -0.1) is 0 Å². The van der Waals surface area contributed by atoms with Gasteiger partial charge in [-0.05, 0) is 55.2 Å². The molecule has 1 aliphatic rings. The van der Waals surface area contributed by atoms with Crippen molar-refractivity contribution in [1.82, 2.24) is 0 Å². The fraction of sp³-hybridized carbons (Fsp3) is 0.600. The maximum absolute atomic E-state index is 9.61. The van der Waals surface area contributed by atoms with E-state index in [2.05, 4.69) is 12.1 Å². The monoisotopic (exact) mass is 233 g/mol. The summed E-state index contributed by atoms with van der Waals surface area (Å²) in [4.78, 5) is 0. The minimum atomic E-state index is -0.193. The second kappa shape index (κ2) is 5.54. The van der Waals surface area contributed by atoms with E-state index in [4.69, 9.17) is 5.73 Å². The molecule has 0 aromatic heterocycles. The molecule has 1 fully saturated rings. The number of rotatable bonds is 5. The number of aliphatic hydroxyl groups is 1. The van der Waals surface area contributed by atoms with Crippen LogP contribution in [0.5, 0.6) is 0 Å². The fourth-order valence-corrected chi connectivity index (χ4v) is 2.36. The van der Waals surface area contributed by atoms with Crippen LogP contribution in [0.3, 0.4) is 0 Å². The first-order valence-corrected chi connectivity index (χ1v) is 6.77. The molecule has 3 N–H and O–H groups in total. The van der Waals surface area contributed by atoms with Crippen molar-refractivity contribution in [2.45, 2.75) is 57.5 Å². The quantitative estimate of drug-likeness (QED) is 0.767. The Hall–Kier alpha value is -1.02. The normalized spacial score (nSPS) is 17.8. The summed E-state index contributed by atoms with van der Waals surface area (Å²) < 4.78 is 0. The highest BCUT2D eigenvalue weighted by atomic mass is 16.3. The van der Waals surface area contributed by atoms with E-state index in [0.717, 1.165) is 30.9 Å². The molecule has 2 heteroatoms. The topological polar surface area (TPSA) is 46.2 Å². The molecular formula is C15H23NO. The zero-order valence-electron chi connectivity index (χ0n) is 10.7. The second-order valence-electron chi connectivity index (χ2n) is 5.19. The molecule has 1 atom stereocenters. The Morgan fingerprint density at radius 2 is 2.18 bits per heavy atom. The molecule has 0 bridgehead atoms. The van der Waals surface area contributed by atoms with Gasteiger partial charge in [0.1, 0.15) is 0 Å². The number of hydrogen-bond acceptors (Lipinski definition) is 2. The first-order valence-electron chi connectivity index (χ1n) is 6.77. The Bertz CT molecular complexity index is 371. The Morgan fingerprint density at radius 1 is 1.41 bits per heavy atom. The number of hydrogen-bond donors (Lipinski definition) is 2. The van der Waals surface area contributed by atoms with Crippen molar-refractivity contribution >= 4 is 5.69 Å². The summed E-state index contributed by atoms with van der Waals surface area (Å²) in [6.07, 6.45) is 6.33. The van der Waals surface area contributed by atoms with E-state index < -0.39 is 0 Å². The van der Waals surface area contributed by atoms with E-state index in [1.165, 1.54) is 30.4 Å². The zero-order valence-corrected chi connectivity index (χ0v) is 10.7. The van der Waals surface area contributed by atoms with Crippen molar-refractivity contribution in [1.29, 1.82) is 0 Å². The number of aliphatic hydroxyl groups excluding tert-OH is 1. The van der Waals surface area contributed by atoms with Crippen LogP contribution in [0.25, 0.3) is 0 Å². The lowest BCUT2D eigenvalue weighted by atomic mass is 9.79. The highest BCUT2D eigenvalue weighted by Crippen LogP contribution is 2.37. The van der Waals surface area contributed by atoms with Crippen molar-refractivity contribution in [2.75, 3.05) is 5.73 Å². The summed E-state index contributed by atoms with van der Waals surface area (Å²) in [5.74, 6) is 0.755. The molecule has 2 nitrogen and oxygen atoms in total. The summed E-state index contributed by atoms with van der Waals surface area (Å²) in [5.41, 5.74) is 9.51. The van der Waals surface area contributed by atoms with Gasteiger partial charge in [0, 0.05) is 5.69 Å². The van der Waals surface area contributed by atoms with Crippen LogP contribution in [0.2, 0.25) is 0 Å². The lowest BCUT2D eigenvalue weighted by molar-refractivity contribution is 0.160. The molecule has 0 amide bonds. The number of benzene rings is 1. The van der Waals surface area contributed by atoms with Gasteiger partial charge in [0.05, 0.1) is 6.10 Å². The van der Waals surface area contributed by atoms with Gasteiger partial charge >= 0.3 is 0 Å². The van der Waals surface area contributed by atoms with Gasteiger partial charge in [0.25, 0.3) is 0 Å². The summed E-state index contributed by atoms with van der Waals surface area (Å²) >= 11 is 0. The van der Waals surface area contributed by atoms with Crippen LogP contribution in [0.15, 0.2) is 18.2 Å². The van der Waals surface area contributed by atoms with Crippen LogP contribution >= 0.6 is 0 Å². The van der Waals surface area contributed by atoms with Crippen molar-refractivity contribution < 1.29 is 5.11 Å². The van der Waals surface area contributed by atoms with E-state index in [-0.39, 0.29) is 6.10 Å². The molecule has 94 valence electrons. The number of nitrogen functional groups attached to an aromatic ring is 1. The predicted molar refractivity (Wildman–Crippen MR) is 72.1 cm³/mol. The van der Waals surface area contributed by atoms with Crippen molar-refractivity contribution in [2.24, 2.45) is 0 Å². The van der Waals surface area contributed by atoms with Gasteiger partial charge in [0.2, 0.25) is 0 Å².